The smallest absolute Gasteiger partial charge is 0.358 e. The first kappa shape index (κ1) is 21.7. The highest BCUT2D eigenvalue weighted by atomic mass is 35.5. The van der Waals surface area contributed by atoms with Gasteiger partial charge in [0.05, 0.1) is 0 Å². The normalized spacial score (nSPS) is 10.5. The van der Waals surface area contributed by atoms with Crippen molar-refractivity contribution in [1.82, 2.24) is 4.98 Å². The highest BCUT2D eigenvalue weighted by molar-refractivity contribution is 7.13. The molecule has 1 heterocycles. The molecule has 0 aliphatic carbocycles. The number of esters is 1. The molecule has 160 valence electrons. The Labute approximate surface area is 194 Å². The summed E-state index contributed by atoms with van der Waals surface area (Å²) in [6.45, 7) is -0.397. The molecule has 7 heteroatoms. The Morgan fingerprint density at radius 3 is 2.44 bits per heavy atom. The molecule has 0 fully saturated rings. The monoisotopic (exact) mass is 462 g/mol. The highest BCUT2D eigenvalue weighted by Crippen LogP contribution is 2.25. The lowest BCUT2D eigenvalue weighted by Crippen LogP contribution is -2.21. The maximum atomic E-state index is 12.4. The van der Waals surface area contributed by atoms with E-state index in [9.17, 15) is 9.59 Å². The van der Waals surface area contributed by atoms with Gasteiger partial charge in [-0.3, -0.25) is 4.79 Å². The second-order valence-corrected chi connectivity index (χ2v) is 8.28. The van der Waals surface area contributed by atoms with Crippen LogP contribution in [-0.4, -0.2) is 23.5 Å². The molecule has 0 atom stereocenters. The fraction of sp³-hybridized carbons (Fsp3) is 0.0800. The summed E-state index contributed by atoms with van der Waals surface area (Å²) in [4.78, 5) is 29.0. The zero-order valence-electron chi connectivity index (χ0n) is 17.0. The molecule has 32 heavy (non-hydrogen) atoms. The van der Waals surface area contributed by atoms with Gasteiger partial charge in [-0.25, -0.2) is 9.78 Å². The predicted octanol–water partition coefficient (Wildman–Crippen LogP) is 5.85. The van der Waals surface area contributed by atoms with Gasteiger partial charge >= 0.3 is 5.97 Å². The molecule has 0 saturated carbocycles. The van der Waals surface area contributed by atoms with Crippen molar-refractivity contribution >= 4 is 40.5 Å². The number of thiazole rings is 1. The molecular formula is C25H19ClN2O3S. The lowest BCUT2D eigenvalue weighted by Gasteiger charge is -2.11. The van der Waals surface area contributed by atoms with E-state index in [0.717, 1.165) is 16.7 Å². The first-order valence-electron chi connectivity index (χ1n) is 9.89. The number of nitrogens with one attached hydrogen (secondary N) is 1. The van der Waals surface area contributed by atoms with E-state index in [2.05, 4.69) is 10.3 Å². The van der Waals surface area contributed by atoms with Gasteiger partial charge in [-0.05, 0) is 35.7 Å². The number of halogens is 1. The van der Waals surface area contributed by atoms with Crippen molar-refractivity contribution in [2.45, 2.75) is 6.42 Å². The van der Waals surface area contributed by atoms with Crippen molar-refractivity contribution in [1.29, 1.82) is 0 Å². The Morgan fingerprint density at radius 1 is 0.938 bits per heavy atom. The Hall–Kier alpha value is -3.48. The summed E-state index contributed by atoms with van der Waals surface area (Å²) < 4.78 is 5.16. The second kappa shape index (κ2) is 10.2. The number of para-hydroxylation sites is 1. The molecule has 0 aliphatic heterocycles. The summed E-state index contributed by atoms with van der Waals surface area (Å²) >= 11 is 7.23. The van der Waals surface area contributed by atoms with Crippen LogP contribution >= 0.6 is 22.9 Å². The minimum Gasteiger partial charge on any atom is -0.451 e. The summed E-state index contributed by atoms with van der Waals surface area (Å²) in [6, 6.07) is 24.7. The van der Waals surface area contributed by atoms with Crippen LogP contribution < -0.4 is 5.32 Å². The lowest BCUT2D eigenvalue weighted by atomic mass is 10.0. The fourth-order valence-electron chi connectivity index (χ4n) is 3.10. The summed E-state index contributed by atoms with van der Waals surface area (Å²) in [6.07, 6.45) is 0.684. The van der Waals surface area contributed by atoms with Crippen LogP contribution in [0.1, 0.15) is 21.6 Å². The number of aromatic nitrogens is 1. The Balaban J connectivity index is 1.35. The standard InChI is InChI=1S/C25H19ClN2O3S/c26-20-12-10-18(11-13-20)24-28-22(16-32-24)25(30)31-15-23(29)27-21-9-5-4-8-19(21)14-17-6-2-1-3-7-17/h1-13,16H,14-15H2,(H,27,29). The molecule has 0 aliphatic rings. The number of amides is 1. The van der Waals surface area contributed by atoms with Gasteiger partial charge in [0.1, 0.15) is 5.01 Å². The maximum absolute atomic E-state index is 12.4. The molecule has 1 N–H and O–H groups in total. The molecule has 1 aromatic heterocycles. The van der Waals surface area contributed by atoms with Crippen LogP contribution in [0.2, 0.25) is 5.02 Å². The van der Waals surface area contributed by atoms with E-state index < -0.39 is 18.5 Å². The van der Waals surface area contributed by atoms with E-state index >= 15 is 0 Å². The molecule has 1 amide bonds. The number of rotatable bonds is 7. The van der Waals surface area contributed by atoms with Gasteiger partial charge in [0.15, 0.2) is 12.3 Å². The summed E-state index contributed by atoms with van der Waals surface area (Å²) in [5, 5.41) is 5.74. The fourth-order valence-corrected chi connectivity index (χ4v) is 4.02. The van der Waals surface area contributed by atoms with Crippen molar-refractivity contribution in [3.05, 3.63) is 106 Å². The quantitative estimate of drug-likeness (QED) is 0.350. The lowest BCUT2D eigenvalue weighted by molar-refractivity contribution is -0.119. The van der Waals surface area contributed by atoms with E-state index in [1.54, 1.807) is 17.5 Å². The Bertz CT molecular complexity index is 1220. The van der Waals surface area contributed by atoms with Crippen molar-refractivity contribution in [2.75, 3.05) is 11.9 Å². The SMILES string of the molecule is O=C(COC(=O)c1csc(-c2ccc(Cl)cc2)n1)Nc1ccccc1Cc1ccccc1. The number of benzene rings is 3. The zero-order valence-corrected chi connectivity index (χ0v) is 18.5. The predicted molar refractivity (Wildman–Crippen MR) is 127 cm³/mol. The van der Waals surface area contributed by atoms with E-state index in [4.69, 9.17) is 16.3 Å². The molecule has 0 unspecified atom stereocenters. The zero-order chi connectivity index (χ0) is 22.3. The topological polar surface area (TPSA) is 68.3 Å². The van der Waals surface area contributed by atoms with Gasteiger partial charge in [0, 0.05) is 21.7 Å². The molecule has 3 aromatic carbocycles. The molecule has 4 rings (SSSR count). The van der Waals surface area contributed by atoms with Crippen LogP contribution in [0.25, 0.3) is 10.6 Å². The van der Waals surface area contributed by atoms with Crippen LogP contribution in [0.4, 0.5) is 5.69 Å². The number of hydrogen-bond donors (Lipinski definition) is 1. The minimum atomic E-state index is -0.644. The van der Waals surface area contributed by atoms with Gasteiger partial charge in [-0.1, -0.05) is 72.3 Å². The number of anilines is 1. The van der Waals surface area contributed by atoms with Crippen molar-refractivity contribution in [2.24, 2.45) is 0 Å². The third kappa shape index (κ3) is 5.60. The Morgan fingerprint density at radius 2 is 1.66 bits per heavy atom. The van der Waals surface area contributed by atoms with Crippen LogP contribution in [0, 0.1) is 0 Å². The maximum Gasteiger partial charge on any atom is 0.358 e. The molecule has 0 saturated heterocycles. The van der Waals surface area contributed by atoms with Crippen LogP contribution in [-0.2, 0) is 16.0 Å². The van der Waals surface area contributed by atoms with Gasteiger partial charge in [0.2, 0.25) is 0 Å². The summed E-state index contributed by atoms with van der Waals surface area (Å²) in [5.41, 5.74) is 3.82. The molecule has 0 bridgehead atoms. The van der Waals surface area contributed by atoms with Crippen LogP contribution in [0.3, 0.4) is 0 Å². The van der Waals surface area contributed by atoms with Crippen molar-refractivity contribution in [3.63, 3.8) is 0 Å². The van der Waals surface area contributed by atoms with Crippen molar-refractivity contribution < 1.29 is 14.3 Å². The molecule has 0 spiro atoms. The third-order valence-electron chi connectivity index (χ3n) is 4.67. The number of ether oxygens (including phenoxy) is 1. The number of hydrogen-bond acceptors (Lipinski definition) is 5. The van der Waals surface area contributed by atoms with Gasteiger partial charge in [0.25, 0.3) is 5.91 Å². The number of nitrogens with zero attached hydrogens (tertiary/aromatic N) is 1. The van der Waals surface area contributed by atoms with E-state index in [1.165, 1.54) is 11.3 Å². The molecule has 0 radical (unpaired) electrons. The Kier molecular flexibility index (Phi) is 6.94. The van der Waals surface area contributed by atoms with E-state index in [0.29, 0.717) is 22.1 Å². The average molecular weight is 463 g/mol. The first-order valence-corrected chi connectivity index (χ1v) is 11.1. The van der Waals surface area contributed by atoms with Gasteiger partial charge in [-0.15, -0.1) is 11.3 Å². The summed E-state index contributed by atoms with van der Waals surface area (Å²) in [5.74, 6) is -1.05. The van der Waals surface area contributed by atoms with Crippen LogP contribution in [0.15, 0.2) is 84.2 Å². The highest BCUT2D eigenvalue weighted by Gasteiger charge is 2.16. The number of carbonyl (C=O) groups excluding carboxylic acids is 2. The summed E-state index contributed by atoms with van der Waals surface area (Å²) in [7, 11) is 0. The van der Waals surface area contributed by atoms with Gasteiger partial charge < -0.3 is 10.1 Å². The molecular weight excluding hydrogens is 444 g/mol. The van der Waals surface area contributed by atoms with E-state index in [-0.39, 0.29) is 5.69 Å². The van der Waals surface area contributed by atoms with E-state index in [1.807, 2.05) is 66.7 Å². The molecule has 5 nitrogen and oxygen atoms in total. The largest absolute Gasteiger partial charge is 0.451 e. The number of carbonyl (C=O) groups is 2. The van der Waals surface area contributed by atoms with Crippen LogP contribution in [0.5, 0.6) is 0 Å². The third-order valence-corrected chi connectivity index (χ3v) is 5.81. The second-order valence-electron chi connectivity index (χ2n) is 6.99. The molecule has 4 aromatic rings. The minimum absolute atomic E-state index is 0.164. The average Bonchev–Trinajstić information content (AvgIpc) is 3.30. The first-order chi connectivity index (χ1) is 15.6. The van der Waals surface area contributed by atoms with Gasteiger partial charge in [-0.2, -0.15) is 0 Å². The van der Waals surface area contributed by atoms with Crippen molar-refractivity contribution in [3.8, 4) is 10.6 Å².